The van der Waals surface area contributed by atoms with Crippen LogP contribution in [0, 0.1) is 0 Å². The molecule has 0 radical (unpaired) electrons. The highest BCUT2D eigenvalue weighted by Crippen LogP contribution is 2.31. The number of carbonyl (C=O) groups is 2. The van der Waals surface area contributed by atoms with E-state index in [9.17, 15) is 9.59 Å². The molecule has 138 valence electrons. The lowest BCUT2D eigenvalue weighted by molar-refractivity contribution is -0.118. The molecule has 0 unspecified atom stereocenters. The van der Waals surface area contributed by atoms with E-state index in [0.29, 0.717) is 27.2 Å². The normalized spacial score (nSPS) is 10.3. The van der Waals surface area contributed by atoms with Crippen molar-refractivity contribution in [2.75, 3.05) is 19.0 Å². The zero-order chi connectivity index (χ0) is 19.2. The van der Waals surface area contributed by atoms with E-state index in [4.69, 9.17) is 9.47 Å². The van der Waals surface area contributed by atoms with Gasteiger partial charge in [0.15, 0.2) is 17.5 Å². The molecular weight excluding hydrogens is 364 g/mol. The van der Waals surface area contributed by atoms with E-state index in [0.717, 1.165) is 16.9 Å². The maximum atomic E-state index is 12.2. The number of carbonyl (C=O) groups excluding carboxylic acids is 2. The third kappa shape index (κ3) is 4.71. The molecule has 0 fully saturated rings. The van der Waals surface area contributed by atoms with Crippen molar-refractivity contribution in [1.82, 2.24) is 4.98 Å². The number of amides is 1. The van der Waals surface area contributed by atoms with Crippen LogP contribution < -0.4 is 14.8 Å². The number of hydrogen-bond donors (Lipinski definition) is 1. The number of anilines is 1. The van der Waals surface area contributed by atoms with Crippen molar-refractivity contribution in [2.24, 2.45) is 0 Å². The Bertz CT molecular complexity index is 936. The van der Waals surface area contributed by atoms with Crippen LogP contribution in [0.1, 0.15) is 16.6 Å². The van der Waals surface area contributed by atoms with Gasteiger partial charge in [0, 0.05) is 12.5 Å². The van der Waals surface area contributed by atoms with Crippen LogP contribution in [0.15, 0.2) is 54.6 Å². The summed E-state index contributed by atoms with van der Waals surface area (Å²) in [5, 5.41) is 3.05. The molecule has 0 aliphatic rings. The second kappa shape index (κ2) is 8.46. The fourth-order valence-corrected chi connectivity index (χ4v) is 3.28. The summed E-state index contributed by atoms with van der Waals surface area (Å²) in [6, 6.07) is 16.3. The van der Waals surface area contributed by atoms with E-state index >= 15 is 0 Å². The standard InChI is InChI=1S/C20H18N2O4S/c1-13(23)19-18(14-6-4-3-5-7-14)22-20(27-19)21-17(24)12-26-16-10-8-15(25-2)9-11-16/h3-11H,12H2,1-2H3,(H,21,22,24). The summed E-state index contributed by atoms with van der Waals surface area (Å²) in [5.74, 6) is 0.815. The van der Waals surface area contributed by atoms with Crippen molar-refractivity contribution in [3.05, 3.63) is 59.5 Å². The van der Waals surface area contributed by atoms with Gasteiger partial charge in [-0.05, 0) is 24.3 Å². The van der Waals surface area contributed by atoms with Gasteiger partial charge in [0.1, 0.15) is 11.5 Å². The molecule has 3 aromatic rings. The van der Waals surface area contributed by atoms with Crippen molar-refractivity contribution < 1.29 is 19.1 Å². The van der Waals surface area contributed by atoms with Crippen molar-refractivity contribution in [1.29, 1.82) is 0 Å². The monoisotopic (exact) mass is 382 g/mol. The van der Waals surface area contributed by atoms with Crippen LogP contribution >= 0.6 is 11.3 Å². The van der Waals surface area contributed by atoms with Gasteiger partial charge in [0.25, 0.3) is 5.91 Å². The molecule has 2 aromatic carbocycles. The first kappa shape index (κ1) is 18.6. The minimum Gasteiger partial charge on any atom is -0.497 e. The van der Waals surface area contributed by atoms with Gasteiger partial charge >= 0.3 is 0 Å². The first-order valence-corrected chi connectivity index (χ1v) is 9.02. The largest absolute Gasteiger partial charge is 0.497 e. The molecule has 3 rings (SSSR count). The fourth-order valence-electron chi connectivity index (χ4n) is 2.38. The van der Waals surface area contributed by atoms with Crippen molar-refractivity contribution in [3.63, 3.8) is 0 Å². The minimum atomic E-state index is -0.353. The molecule has 0 saturated heterocycles. The lowest BCUT2D eigenvalue weighted by atomic mass is 10.1. The molecule has 1 amide bonds. The van der Waals surface area contributed by atoms with Crippen LogP contribution in [0.3, 0.4) is 0 Å². The number of rotatable bonds is 7. The van der Waals surface area contributed by atoms with Gasteiger partial charge in [-0.1, -0.05) is 41.7 Å². The molecule has 1 N–H and O–H groups in total. The number of nitrogens with zero attached hydrogens (tertiary/aromatic N) is 1. The Kier molecular flexibility index (Phi) is 5.83. The van der Waals surface area contributed by atoms with Crippen molar-refractivity contribution in [2.45, 2.75) is 6.92 Å². The number of methoxy groups -OCH3 is 1. The Labute approximate surface area is 160 Å². The lowest BCUT2D eigenvalue weighted by Crippen LogP contribution is -2.20. The SMILES string of the molecule is COc1ccc(OCC(=O)Nc2nc(-c3ccccc3)c(C(C)=O)s2)cc1. The lowest BCUT2D eigenvalue weighted by Gasteiger charge is -2.06. The average molecular weight is 382 g/mol. The number of ketones is 1. The number of ether oxygens (including phenoxy) is 2. The molecule has 6 nitrogen and oxygen atoms in total. The maximum Gasteiger partial charge on any atom is 0.264 e. The Balaban J connectivity index is 1.67. The second-order valence-corrected chi connectivity index (χ2v) is 6.63. The highest BCUT2D eigenvalue weighted by atomic mass is 32.1. The number of hydrogen-bond acceptors (Lipinski definition) is 6. The van der Waals surface area contributed by atoms with Gasteiger partial charge in [-0.2, -0.15) is 0 Å². The van der Waals surface area contributed by atoms with Crippen LogP contribution in [-0.4, -0.2) is 30.4 Å². The van der Waals surface area contributed by atoms with Gasteiger partial charge in [0.2, 0.25) is 0 Å². The molecular formula is C20H18N2O4S. The summed E-state index contributed by atoms with van der Waals surface area (Å²) >= 11 is 1.15. The number of Topliss-reactive ketones (excluding diaryl/α,β-unsaturated/α-hetero) is 1. The van der Waals surface area contributed by atoms with E-state index in [2.05, 4.69) is 10.3 Å². The molecule has 7 heteroatoms. The minimum absolute atomic E-state index is 0.0960. The molecule has 0 aliphatic heterocycles. The summed E-state index contributed by atoms with van der Waals surface area (Å²) in [6.45, 7) is 1.32. The van der Waals surface area contributed by atoms with E-state index in [1.54, 1.807) is 31.4 Å². The van der Waals surface area contributed by atoms with Crippen LogP contribution in [0.4, 0.5) is 5.13 Å². The highest BCUT2D eigenvalue weighted by Gasteiger charge is 2.18. The van der Waals surface area contributed by atoms with Crippen LogP contribution in [0.5, 0.6) is 11.5 Å². The molecule has 27 heavy (non-hydrogen) atoms. The first-order valence-electron chi connectivity index (χ1n) is 8.20. The van der Waals surface area contributed by atoms with Crippen LogP contribution in [0.2, 0.25) is 0 Å². The number of aromatic nitrogens is 1. The van der Waals surface area contributed by atoms with Crippen LogP contribution in [0.25, 0.3) is 11.3 Å². The van der Waals surface area contributed by atoms with Gasteiger partial charge in [-0.3, -0.25) is 14.9 Å². The van der Waals surface area contributed by atoms with E-state index in [1.165, 1.54) is 6.92 Å². The van der Waals surface area contributed by atoms with Gasteiger partial charge in [-0.25, -0.2) is 4.98 Å². The predicted molar refractivity (Wildman–Crippen MR) is 105 cm³/mol. The molecule has 1 heterocycles. The average Bonchev–Trinajstić information content (AvgIpc) is 3.11. The van der Waals surface area contributed by atoms with E-state index < -0.39 is 0 Å². The highest BCUT2D eigenvalue weighted by molar-refractivity contribution is 7.18. The molecule has 0 saturated carbocycles. The first-order chi connectivity index (χ1) is 13.1. The summed E-state index contributed by atoms with van der Waals surface area (Å²) in [7, 11) is 1.58. The fraction of sp³-hybridized carbons (Fsp3) is 0.150. The summed E-state index contributed by atoms with van der Waals surface area (Å²) in [5.41, 5.74) is 1.40. The molecule has 0 atom stereocenters. The Morgan fingerprint density at radius 2 is 1.70 bits per heavy atom. The summed E-state index contributed by atoms with van der Waals surface area (Å²) in [6.07, 6.45) is 0. The predicted octanol–water partition coefficient (Wildman–Crippen LogP) is 4.04. The quantitative estimate of drug-likeness (QED) is 0.624. The zero-order valence-corrected chi connectivity index (χ0v) is 15.7. The topological polar surface area (TPSA) is 77.5 Å². The third-order valence-corrected chi connectivity index (χ3v) is 4.74. The second-order valence-electron chi connectivity index (χ2n) is 5.63. The maximum absolute atomic E-state index is 12.2. The van der Waals surface area contributed by atoms with E-state index in [-0.39, 0.29) is 18.3 Å². The Hall–Kier alpha value is -3.19. The Morgan fingerprint density at radius 3 is 2.33 bits per heavy atom. The molecule has 0 spiro atoms. The van der Waals surface area contributed by atoms with Gasteiger partial charge in [-0.15, -0.1) is 0 Å². The summed E-state index contributed by atoms with van der Waals surface area (Å²) in [4.78, 5) is 29.0. The molecule has 0 bridgehead atoms. The smallest absolute Gasteiger partial charge is 0.264 e. The zero-order valence-electron chi connectivity index (χ0n) is 14.9. The van der Waals surface area contributed by atoms with Crippen molar-refractivity contribution >= 4 is 28.2 Å². The third-order valence-electron chi connectivity index (χ3n) is 3.67. The number of thiazole rings is 1. The number of nitrogens with one attached hydrogen (secondary N) is 1. The molecule has 1 aromatic heterocycles. The van der Waals surface area contributed by atoms with Gasteiger partial charge < -0.3 is 9.47 Å². The van der Waals surface area contributed by atoms with Crippen LogP contribution in [-0.2, 0) is 4.79 Å². The van der Waals surface area contributed by atoms with E-state index in [1.807, 2.05) is 30.3 Å². The summed E-state index contributed by atoms with van der Waals surface area (Å²) < 4.78 is 10.5. The Morgan fingerprint density at radius 1 is 1.04 bits per heavy atom. The van der Waals surface area contributed by atoms with Gasteiger partial charge in [0.05, 0.1) is 17.7 Å². The molecule has 0 aliphatic carbocycles. The number of benzene rings is 2. The van der Waals surface area contributed by atoms with Crippen molar-refractivity contribution in [3.8, 4) is 22.8 Å².